The zero-order valence-corrected chi connectivity index (χ0v) is 24.3. The maximum Gasteiger partial charge on any atom is 0.406 e. The number of ether oxygens (including phenoxy) is 1. The van der Waals surface area contributed by atoms with Crippen LogP contribution in [-0.2, 0) is 17.7 Å². The van der Waals surface area contributed by atoms with Crippen molar-refractivity contribution < 1.29 is 27.6 Å². The van der Waals surface area contributed by atoms with Gasteiger partial charge in [0.1, 0.15) is 24.6 Å². The fourth-order valence-electron chi connectivity index (χ4n) is 5.05. The second-order valence-electron chi connectivity index (χ2n) is 10.3. The summed E-state index contributed by atoms with van der Waals surface area (Å²) >= 11 is -1.24. The molecule has 4 rings (SSSR count). The van der Waals surface area contributed by atoms with Crippen molar-refractivity contribution in [2.45, 2.75) is 49.5 Å². The standard InChI is InChI=1S/C30H34F3N5O3S/c1-21(39)19-37-14-10-22(11-15-37)36-26-6-3-7-28-25(26)17-23(38(28)20-30(31,32)33)5-4-13-35-27-9-8-24(42(2)40)18-29(27)41-16-12-34/h3,6-9,17-18,21-22,35-36,39H,10-11,13-16,19-20H2,1-2H3. The number of alkyl halides is 3. The molecule has 1 aliphatic heterocycles. The van der Waals surface area contributed by atoms with Gasteiger partial charge in [-0.1, -0.05) is 12.0 Å². The van der Waals surface area contributed by atoms with E-state index in [0.717, 1.165) is 31.6 Å². The summed E-state index contributed by atoms with van der Waals surface area (Å²) in [5.41, 5.74) is 1.96. The lowest BCUT2D eigenvalue weighted by Crippen LogP contribution is -2.41. The first kappa shape index (κ1) is 31.4. The number of aromatic nitrogens is 1. The predicted molar refractivity (Wildman–Crippen MR) is 158 cm³/mol. The first-order valence-electron chi connectivity index (χ1n) is 13.6. The largest absolute Gasteiger partial charge is 0.612 e. The summed E-state index contributed by atoms with van der Waals surface area (Å²) in [6.45, 7) is 2.79. The number of likely N-dealkylation sites (tertiary alicyclic amines) is 1. The number of aliphatic hydroxyl groups is 1. The first-order valence-corrected chi connectivity index (χ1v) is 15.2. The Hall–Kier alpha value is -3.55. The highest BCUT2D eigenvalue weighted by molar-refractivity contribution is 7.90. The number of rotatable bonds is 10. The van der Waals surface area contributed by atoms with Crippen LogP contribution in [0.1, 0.15) is 25.5 Å². The first-order chi connectivity index (χ1) is 20.0. The predicted octanol–water partition coefficient (Wildman–Crippen LogP) is 4.56. The number of hydrogen-bond acceptors (Lipinski definition) is 7. The van der Waals surface area contributed by atoms with E-state index in [2.05, 4.69) is 27.4 Å². The molecule has 0 bridgehead atoms. The maximum atomic E-state index is 13.6. The summed E-state index contributed by atoms with van der Waals surface area (Å²) in [6.07, 6.45) is -1.57. The van der Waals surface area contributed by atoms with E-state index in [4.69, 9.17) is 10.00 Å². The normalized spacial score (nSPS) is 15.9. The highest BCUT2D eigenvalue weighted by Gasteiger charge is 2.30. The number of piperidine rings is 1. The third-order valence-electron chi connectivity index (χ3n) is 6.91. The molecule has 0 spiro atoms. The van der Waals surface area contributed by atoms with Crippen LogP contribution in [0.25, 0.3) is 10.9 Å². The van der Waals surface area contributed by atoms with Gasteiger partial charge in [0.15, 0.2) is 11.5 Å². The van der Waals surface area contributed by atoms with E-state index >= 15 is 0 Å². The molecule has 0 aliphatic carbocycles. The van der Waals surface area contributed by atoms with E-state index in [1.54, 1.807) is 43.3 Å². The van der Waals surface area contributed by atoms with Crippen LogP contribution in [0.4, 0.5) is 24.5 Å². The zero-order valence-electron chi connectivity index (χ0n) is 23.5. The minimum Gasteiger partial charge on any atom is -0.612 e. The zero-order chi connectivity index (χ0) is 30.3. The second kappa shape index (κ2) is 14.1. The van der Waals surface area contributed by atoms with E-state index in [-0.39, 0.29) is 31.0 Å². The number of β-amino-alcohol motifs (C(OH)–C–C–N with tert-alkyl or cyclic N) is 1. The lowest BCUT2D eigenvalue weighted by molar-refractivity contribution is -0.140. The Bertz CT molecular complexity index is 1470. The minimum absolute atomic E-state index is 0.0984. The number of nitrogens with one attached hydrogen (secondary N) is 2. The van der Waals surface area contributed by atoms with Gasteiger partial charge in [0.05, 0.1) is 29.5 Å². The molecule has 2 atom stereocenters. The SMILES string of the molecule is CC(O)CN1CCC(Nc2cccc3c2cc(C#CCNc2ccc([S+](C)[O-])cc2OCC#N)n3CC(F)(F)F)CC1. The smallest absolute Gasteiger partial charge is 0.406 e. The van der Waals surface area contributed by atoms with Crippen LogP contribution in [0.5, 0.6) is 5.75 Å². The van der Waals surface area contributed by atoms with E-state index in [0.29, 0.717) is 33.8 Å². The Kier molecular flexibility index (Phi) is 10.5. The Morgan fingerprint density at radius 3 is 2.62 bits per heavy atom. The van der Waals surface area contributed by atoms with Gasteiger partial charge in [0.2, 0.25) is 0 Å². The Balaban J connectivity index is 1.54. The summed E-state index contributed by atoms with van der Waals surface area (Å²) in [5.74, 6) is 6.13. The van der Waals surface area contributed by atoms with Crippen LogP contribution in [0, 0.1) is 23.2 Å². The summed E-state index contributed by atoms with van der Waals surface area (Å²) < 4.78 is 59.3. The monoisotopic (exact) mass is 601 g/mol. The van der Waals surface area contributed by atoms with Crippen LogP contribution in [0.15, 0.2) is 47.4 Å². The number of nitriles is 1. The maximum absolute atomic E-state index is 13.6. The van der Waals surface area contributed by atoms with Gasteiger partial charge in [-0.15, -0.1) is 0 Å². The molecular weight excluding hydrogens is 567 g/mol. The number of aliphatic hydroxyl groups excluding tert-OH is 1. The van der Waals surface area contributed by atoms with Crippen molar-refractivity contribution >= 4 is 33.5 Å². The van der Waals surface area contributed by atoms with Crippen molar-refractivity contribution in [2.24, 2.45) is 0 Å². The highest BCUT2D eigenvalue weighted by atomic mass is 32.2. The van der Waals surface area contributed by atoms with Crippen LogP contribution in [0.2, 0.25) is 0 Å². The van der Waals surface area contributed by atoms with Crippen LogP contribution in [0.3, 0.4) is 0 Å². The number of nitrogens with zero attached hydrogens (tertiary/aromatic N) is 3. The molecule has 1 fully saturated rings. The molecule has 0 saturated carbocycles. The van der Waals surface area contributed by atoms with E-state index < -0.39 is 23.9 Å². The van der Waals surface area contributed by atoms with Crippen molar-refractivity contribution in [3.63, 3.8) is 0 Å². The number of benzene rings is 2. The molecule has 1 saturated heterocycles. The van der Waals surface area contributed by atoms with Crippen molar-refractivity contribution in [1.82, 2.24) is 9.47 Å². The third kappa shape index (κ3) is 8.49. The summed E-state index contributed by atoms with van der Waals surface area (Å²) in [7, 11) is 0. The molecule has 42 heavy (non-hydrogen) atoms. The Labute approximate surface area is 246 Å². The molecule has 3 aromatic rings. The van der Waals surface area contributed by atoms with E-state index in [1.807, 2.05) is 12.1 Å². The molecule has 0 radical (unpaired) electrons. The van der Waals surface area contributed by atoms with Gasteiger partial charge in [-0.05, 0) is 67.2 Å². The molecule has 2 aromatic carbocycles. The quantitative estimate of drug-likeness (QED) is 0.231. The van der Waals surface area contributed by atoms with Crippen LogP contribution in [-0.4, -0.2) is 76.5 Å². The summed E-state index contributed by atoms with van der Waals surface area (Å²) in [4.78, 5) is 2.74. The Morgan fingerprint density at radius 2 is 1.95 bits per heavy atom. The van der Waals surface area contributed by atoms with Gasteiger partial charge in [0, 0.05) is 42.8 Å². The lowest BCUT2D eigenvalue weighted by Gasteiger charge is -2.33. The molecule has 12 heteroatoms. The van der Waals surface area contributed by atoms with E-state index in [9.17, 15) is 22.8 Å². The number of fused-ring (bicyclic) bond motifs is 1. The summed E-state index contributed by atoms with van der Waals surface area (Å²) in [5, 5.41) is 25.8. The molecule has 2 unspecified atom stereocenters. The average Bonchev–Trinajstić information content (AvgIpc) is 3.27. The topological polar surface area (TPSA) is 109 Å². The molecule has 8 nitrogen and oxygen atoms in total. The molecule has 2 heterocycles. The van der Waals surface area contributed by atoms with Gasteiger partial charge in [0.25, 0.3) is 0 Å². The molecule has 224 valence electrons. The molecule has 3 N–H and O–H groups in total. The van der Waals surface area contributed by atoms with Gasteiger partial charge in [-0.3, -0.25) is 0 Å². The summed E-state index contributed by atoms with van der Waals surface area (Å²) in [6, 6.07) is 13.9. The fraction of sp³-hybridized carbons (Fsp3) is 0.433. The number of hydrogen-bond donors (Lipinski definition) is 3. The van der Waals surface area contributed by atoms with Crippen molar-refractivity contribution in [3.8, 4) is 23.7 Å². The molecular formula is C30H34F3N5O3S. The highest BCUT2D eigenvalue weighted by Crippen LogP contribution is 2.32. The Morgan fingerprint density at radius 1 is 1.19 bits per heavy atom. The van der Waals surface area contributed by atoms with Crippen molar-refractivity contribution in [3.05, 3.63) is 48.2 Å². The lowest BCUT2D eigenvalue weighted by atomic mass is 10.0. The van der Waals surface area contributed by atoms with Gasteiger partial charge in [-0.2, -0.15) is 18.4 Å². The van der Waals surface area contributed by atoms with Crippen LogP contribution < -0.4 is 15.4 Å². The fourth-order valence-corrected chi connectivity index (χ4v) is 5.58. The van der Waals surface area contributed by atoms with Crippen LogP contribution >= 0.6 is 0 Å². The van der Waals surface area contributed by atoms with Gasteiger partial charge in [-0.25, -0.2) is 0 Å². The van der Waals surface area contributed by atoms with Gasteiger partial charge < -0.3 is 34.5 Å². The minimum atomic E-state index is -4.44. The molecule has 1 aromatic heterocycles. The van der Waals surface area contributed by atoms with Gasteiger partial charge >= 0.3 is 6.18 Å². The number of anilines is 2. The third-order valence-corrected chi connectivity index (χ3v) is 7.83. The molecule has 1 aliphatic rings. The van der Waals surface area contributed by atoms with E-state index in [1.165, 1.54) is 10.8 Å². The number of halogens is 3. The molecule has 0 amide bonds. The van der Waals surface area contributed by atoms with Crippen molar-refractivity contribution in [1.29, 1.82) is 5.26 Å². The second-order valence-corrected chi connectivity index (χ2v) is 11.6. The van der Waals surface area contributed by atoms with Crippen molar-refractivity contribution in [2.75, 3.05) is 49.7 Å². The average molecular weight is 602 g/mol.